The maximum absolute atomic E-state index is 11.6. The van der Waals surface area contributed by atoms with Crippen LogP contribution in [0.2, 0.25) is 0 Å². The number of carboxylic acid groups (broad SMARTS) is 1. The fraction of sp³-hybridized carbons (Fsp3) is 0.529. The first-order valence-corrected chi connectivity index (χ1v) is 16.3. The minimum absolute atomic E-state index is 0.350. The van der Waals surface area contributed by atoms with Crippen molar-refractivity contribution in [3.63, 3.8) is 0 Å². The van der Waals surface area contributed by atoms with E-state index < -0.39 is 11.9 Å². The van der Waals surface area contributed by atoms with Gasteiger partial charge in [0.15, 0.2) is 5.13 Å². The first-order chi connectivity index (χ1) is 20.4. The van der Waals surface area contributed by atoms with Gasteiger partial charge in [-0.2, -0.15) is 0 Å². The monoisotopic (exact) mass is 589 g/mol. The summed E-state index contributed by atoms with van der Waals surface area (Å²) in [4.78, 5) is 21.5. The maximum atomic E-state index is 11.6. The summed E-state index contributed by atoms with van der Waals surface area (Å²) in [5.74, 6) is -0.405. The summed E-state index contributed by atoms with van der Waals surface area (Å²) in [6.45, 7) is 8.29. The number of carboxylic acids is 1. The van der Waals surface area contributed by atoms with E-state index in [1.54, 1.807) is 18.4 Å². The van der Waals surface area contributed by atoms with Crippen LogP contribution in [0, 0.1) is 19.8 Å². The number of piperidine rings is 1. The molecule has 0 radical (unpaired) electrons. The number of aryl methyl sites for hydroxylation is 1. The number of hydrogen-bond acceptors (Lipinski definition) is 7. The second kappa shape index (κ2) is 12.7. The lowest BCUT2D eigenvalue weighted by Crippen LogP contribution is -2.47. The van der Waals surface area contributed by atoms with E-state index in [-0.39, 0.29) is 6.10 Å². The van der Waals surface area contributed by atoms with Gasteiger partial charge in [-0.3, -0.25) is 9.69 Å². The van der Waals surface area contributed by atoms with Gasteiger partial charge in [-0.15, -0.1) is 11.3 Å². The zero-order valence-corrected chi connectivity index (χ0v) is 25.9. The zero-order chi connectivity index (χ0) is 29.2. The van der Waals surface area contributed by atoms with Crippen molar-refractivity contribution in [2.24, 2.45) is 5.92 Å². The number of carbonyl (C=O) groups is 1. The Bertz CT molecular complexity index is 1420. The highest BCUT2D eigenvalue weighted by atomic mass is 32.1. The van der Waals surface area contributed by atoms with Crippen molar-refractivity contribution >= 4 is 22.4 Å². The molecule has 42 heavy (non-hydrogen) atoms. The summed E-state index contributed by atoms with van der Waals surface area (Å²) in [5.41, 5.74) is 8.58. The minimum Gasteiger partial charge on any atom is -0.488 e. The first-order valence-electron chi connectivity index (χ1n) is 15.5. The van der Waals surface area contributed by atoms with E-state index in [0.29, 0.717) is 26.1 Å². The van der Waals surface area contributed by atoms with Gasteiger partial charge in [-0.25, -0.2) is 4.98 Å². The normalized spacial score (nSPS) is 21.7. The number of aromatic nitrogens is 1. The Balaban J connectivity index is 1.16. The van der Waals surface area contributed by atoms with E-state index in [4.69, 9.17) is 14.5 Å². The fourth-order valence-electron chi connectivity index (χ4n) is 7.17. The van der Waals surface area contributed by atoms with Gasteiger partial charge in [-0.05, 0) is 73.4 Å². The van der Waals surface area contributed by atoms with Crippen LogP contribution in [0.15, 0.2) is 35.7 Å². The minimum atomic E-state index is -0.793. The Morgan fingerprint density at radius 3 is 2.71 bits per heavy atom. The molecule has 6 rings (SSSR count). The van der Waals surface area contributed by atoms with Crippen LogP contribution in [-0.4, -0.2) is 59.8 Å². The molecular weight excluding hydrogens is 546 g/mol. The quantitative estimate of drug-likeness (QED) is 0.316. The molecule has 2 aliphatic heterocycles. The second-order valence-corrected chi connectivity index (χ2v) is 13.0. The van der Waals surface area contributed by atoms with Gasteiger partial charge in [0, 0.05) is 50.3 Å². The summed E-state index contributed by atoms with van der Waals surface area (Å²) in [7, 11) is 1.59. The van der Waals surface area contributed by atoms with E-state index in [0.717, 1.165) is 53.3 Å². The number of nitrogens with zero attached hydrogens (tertiary/aromatic N) is 3. The van der Waals surface area contributed by atoms with E-state index in [1.165, 1.54) is 54.4 Å². The second-order valence-electron chi connectivity index (χ2n) is 12.2. The van der Waals surface area contributed by atoms with Crippen molar-refractivity contribution in [3.8, 4) is 17.0 Å². The Morgan fingerprint density at radius 2 is 1.93 bits per heavy atom. The van der Waals surface area contributed by atoms with E-state index >= 15 is 0 Å². The third-order valence-corrected chi connectivity index (χ3v) is 10.6. The lowest BCUT2D eigenvalue weighted by atomic mass is 9.88. The lowest BCUT2D eigenvalue weighted by Gasteiger charge is -2.38. The maximum Gasteiger partial charge on any atom is 0.309 e. The van der Waals surface area contributed by atoms with Crippen molar-refractivity contribution in [1.29, 1.82) is 0 Å². The van der Waals surface area contributed by atoms with Crippen LogP contribution in [0.3, 0.4) is 0 Å². The van der Waals surface area contributed by atoms with Gasteiger partial charge >= 0.3 is 5.97 Å². The van der Waals surface area contributed by atoms with E-state index in [9.17, 15) is 9.90 Å². The lowest BCUT2D eigenvalue weighted by molar-refractivity contribution is -0.147. The smallest absolute Gasteiger partial charge is 0.309 e. The number of thiazole rings is 1. The molecule has 1 saturated carbocycles. The van der Waals surface area contributed by atoms with Crippen molar-refractivity contribution in [2.45, 2.75) is 84.1 Å². The van der Waals surface area contributed by atoms with Crippen LogP contribution >= 0.6 is 11.3 Å². The van der Waals surface area contributed by atoms with Crippen molar-refractivity contribution in [3.05, 3.63) is 63.5 Å². The number of aliphatic carboxylic acids is 1. The van der Waals surface area contributed by atoms with Crippen molar-refractivity contribution < 1.29 is 19.4 Å². The highest BCUT2D eigenvalue weighted by Gasteiger charge is 2.35. The molecule has 2 fully saturated rings. The molecule has 0 spiro atoms. The molecule has 2 aromatic carbocycles. The number of methoxy groups -OCH3 is 1. The third-order valence-electron chi connectivity index (χ3n) is 9.72. The molecule has 1 N–H and O–H groups in total. The average molecular weight is 590 g/mol. The summed E-state index contributed by atoms with van der Waals surface area (Å²) in [6, 6.07) is 11.6. The van der Waals surface area contributed by atoms with Crippen LogP contribution in [0.1, 0.15) is 66.3 Å². The average Bonchev–Trinajstić information content (AvgIpc) is 3.51. The van der Waals surface area contributed by atoms with Crippen molar-refractivity contribution in [2.75, 3.05) is 31.6 Å². The Morgan fingerprint density at radius 1 is 1.10 bits per heavy atom. The van der Waals surface area contributed by atoms with E-state index in [2.05, 4.69) is 59.4 Å². The summed E-state index contributed by atoms with van der Waals surface area (Å²) >= 11 is 1.58. The molecule has 224 valence electrons. The Hall–Kier alpha value is -2.94. The Labute approximate surface area is 253 Å². The molecule has 1 aromatic heterocycles. The van der Waals surface area contributed by atoms with E-state index in [1.807, 2.05) is 0 Å². The summed E-state index contributed by atoms with van der Waals surface area (Å²) in [6.07, 6.45) is 8.19. The molecule has 7 nitrogen and oxygen atoms in total. The molecule has 0 amide bonds. The van der Waals surface area contributed by atoms with Gasteiger partial charge < -0.3 is 19.5 Å². The molecule has 3 aliphatic rings. The highest BCUT2D eigenvalue weighted by molar-refractivity contribution is 7.14. The Kier molecular flexibility index (Phi) is 8.84. The van der Waals surface area contributed by atoms with Crippen LogP contribution < -0.4 is 9.64 Å². The molecule has 8 heteroatoms. The number of para-hydroxylation sites is 1. The molecule has 2 atom stereocenters. The predicted molar refractivity (Wildman–Crippen MR) is 168 cm³/mol. The summed E-state index contributed by atoms with van der Waals surface area (Å²) < 4.78 is 12.1. The van der Waals surface area contributed by atoms with Gasteiger partial charge in [0.1, 0.15) is 12.4 Å². The number of hydrogen-bond donors (Lipinski definition) is 1. The third kappa shape index (κ3) is 5.94. The molecule has 3 aromatic rings. The van der Waals surface area contributed by atoms with Crippen molar-refractivity contribution in [1.82, 2.24) is 9.88 Å². The number of rotatable bonds is 8. The molecule has 3 heterocycles. The first kappa shape index (κ1) is 29.1. The van der Waals surface area contributed by atoms with Gasteiger partial charge in [-0.1, -0.05) is 43.5 Å². The van der Waals surface area contributed by atoms with Gasteiger partial charge in [0.25, 0.3) is 0 Å². The van der Waals surface area contributed by atoms with Crippen LogP contribution in [0.5, 0.6) is 5.75 Å². The van der Waals surface area contributed by atoms with Gasteiger partial charge in [0.2, 0.25) is 0 Å². The fourth-order valence-corrected chi connectivity index (χ4v) is 8.03. The predicted octanol–water partition coefficient (Wildman–Crippen LogP) is 6.62. The van der Waals surface area contributed by atoms with Crippen LogP contribution in [0.4, 0.5) is 5.13 Å². The standard InChI is InChI=1S/C34H43N3O4S/c1-22-8-7-11-28(30-21-42-34(35-30)37-17-15-29(33(38)39)31(19-37)40-3)32(22)41-20-25-13-12-24-18-36(16-14-27(24)23(25)2)26-9-5-4-6-10-26/h7-8,11-13,21,26,29,31H,4-6,9-10,14-20H2,1-3H3,(H,38,39)/t29-,31+/m0/s1. The SMILES string of the molecule is CO[C@@H]1CN(c2nc(-c3cccc(C)c3OCc3ccc4c(c3C)CCN(C3CCCCC3)C4)cs2)CC[C@@H]1C(=O)O. The number of anilines is 1. The number of benzene rings is 2. The van der Waals surface area contributed by atoms with Gasteiger partial charge in [0.05, 0.1) is 17.7 Å². The van der Waals surface area contributed by atoms with Crippen LogP contribution in [0.25, 0.3) is 11.3 Å². The largest absolute Gasteiger partial charge is 0.488 e. The molecular formula is C34H43N3O4S. The van der Waals surface area contributed by atoms with Crippen LogP contribution in [-0.2, 0) is 29.1 Å². The molecule has 1 saturated heterocycles. The highest BCUT2D eigenvalue weighted by Crippen LogP contribution is 2.38. The zero-order valence-electron chi connectivity index (χ0n) is 25.1. The molecule has 1 aliphatic carbocycles. The molecule has 0 unspecified atom stereocenters. The summed E-state index contributed by atoms with van der Waals surface area (Å²) in [5, 5.41) is 12.5. The number of ether oxygens (including phenoxy) is 2. The number of fused-ring (bicyclic) bond motifs is 1. The topological polar surface area (TPSA) is 75.1 Å². The molecule has 0 bridgehead atoms.